The van der Waals surface area contributed by atoms with Crippen LogP contribution in [0.4, 0.5) is 0 Å². The Kier molecular flexibility index (Phi) is 4.64. The summed E-state index contributed by atoms with van der Waals surface area (Å²) in [6.45, 7) is 1.49. The Morgan fingerprint density at radius 3 is 2.62 bits per heavy atom. The largest absolute Gasteiger partial charge is 0.464 e. The molecule has 0 bridgehead atoms. The van der Waals surface area contributed by atoms with E-state index in [1.165, 1.54) is 5.56 Å². The highest BCUT2D eigenvalue weighted by molar-refractivity contribution is 5.77. The Morgan fingerprint density at radius 1 is 0.897 bits per heavy atom. The Labute approximate surface area is 168 Å². The molecule has 0 aliphatic rings. The zero-order valence-corrected chi connectivity index (χ0v) is 15.8. The molecule has 0 radical (unpaired) electrons. The number of aromatic nitrogens is 3. The number of pyridine rings is 1. The number of fused-ring (bicyclic) bond motifs is 1. The summed E-state index contributed by atoms with van der Waals surface area (Å²) in [5.74, 6) is 0. The van der Waals surface area contributed by atoms with Crippen molar-refractivity contribution in [2.24, 2.45) is 0 Å². The second-order valence-corrected chi connectivity index (χ2v) is 6.92. The SMILES string of the molecule is c1ccc(-n2cc(CNCc3ccc4occc4c3)c(-c3ccncc3)n2)cc1. The van der Waals surface area contributed by atoms with Crippen LogP contribution in [0.15, 0.2) is 96.0 Å². The summed E-state index contributed by atoms with van der Waals surface area (Å²) in [6.07, 6.45) is 7.42. The lowest BCUT2D eigenvalue weighted by atomic mass is 10.1. The lowest BCUT2D eigenvalue weighted by Crippen LogP contribution is -2.12. The maximum Gasteiger partial charge on any atom is 0.133 e. The van der Waals surface area contributed by atoms with Gasteiger partial charge in [0.15, 0.2) is 0 Å². The van der Waals surface area contributed by atoms with Gasteiger partial charge in [0.2, 0.25) is 0 Å². The van der Waals surface area contributed by atoms with Crippen LogP contribution < -0.4 is 5.32 Å². The molecule has 0 saturated heterocycles. The van der Waals surface area contributed by atoms with E-state index in [1.807, 2.05) is 47.1 Å². The van der Waals surface area contributed by atoms with Crippen molar-refractivity contribution in [2.75, 3.05) is 0 Å². The maximum atomic E-state index is 5.42. The number of rotatable bonds is 6. The van der Waals surface area contributed by atoms with Gasteiger partial charge in [-0.2, -0.15) is 5.10 Å². The lowest BCUT2D eigenvalue weighted by Gasteiger charge is -2.06. The fourth-order valence-electron chi connectivity index (χ4n) is 3.47. The number of hydrogen-bond donors (Lipinski definition) is 1. The molecule has 2 aromatic carbocycles. The number of para-hydroxylation sites is 1. The Morgan fingerprint density at radius 2 is 1.76 bits per heavy atom. The van der Waals surface area contributed by atoms with Gasteiger partial charge in [-0.1, -0.05) is 24.3 Å². The van der Waals surface area contributed by atoms with Crippen molar-refractivity contribution in [3.8, 4) is 16.9 Å². The molecule has 3 aromatic heterocycles. The highest BCUT2D eigenvalue weighted by atomic mass is 16.3. The first kappa shape index (κ1) is 17.4. The number of nitrogens with zero attached hydrogens (tertiary/aromatic N) is 3. The molecule has 5 rings (SSSR count). The molecule has 0 amide bonds. The fourth-order valence-corrected chi connectivity index (χ4v) is 3.47. The molecular formula is C24H20N4O. The third-order valence-corrected chi connectivity index (χ3v) is 4.93. The summed E-state index contributed by atoms with van der Waals surface area (Å²) in [6, 6.07) is 22.4. The van der Waals surface area contributed by atoms with Crippen molar-refractivity contribution >= 4 is 11.0 Å². The molecule has 0 aliphatic carbocycles. The average Bonchev–Trinajstić information content (AvgIpc) is 3.42. The van der Waals surface area contributed by atoms with Crippen LogP contribution in [0.5, 0.6) is 0 Å². The van der Waals surface area contributed by atoms with E-state index < -0.39 is 0 Å². The maximum absolute atomic E-state index is 5.42. The zero-order valence-electron chi connectivity index (χ0n) is 15.8. The normalized spacial score (nSPS) is 11.2. The molecular weight excluding hydrogens is 360 g/mol. The van der Waals surface area contributed by atoms with E-state index in [0.717, 1.165) is 40.0 Å². The summed E-state index contributed by atoms with van der Waals surface area (Å²) in [4.78, 5) is 4.13. The lowest BCUT2D eigenvalue weighted by molar-refractivity contribution is 0.615. The highest BCUT2D eigenvalue weighted by Crippen LogP contribution is 2.23. The summed E-state index contributed by atoms with van der Waals surface area (Å²) >= 11 is 0. The molecule has 0 aliphatic heterocycles. The third kappa shape index (κ3) is 3.68. The second-order valence-electron chi connectivity index (χ2n) is 6.92. The predicted molar refractivity (Wildman–Crippen MR) is 114 cm³/mol. The molecule has 0 fully saturated rings. The molecule has 142 valence electrons. The van der Waals surface area contributed by atoms with Crippen molar-refractivity contribution in [1.29, 1.82) is 0 Å². The van der Waals surface area contributed by atoms with Gasteiger partial charge in [-0.15, -0.1) is 0 Å². The van der Waals surface area contributed by atoms with Crippen LogP contribution in [0.2, 0.25) is 0 Å². The van der Waals surface area contributed by atoms with E-state index in [-0.39, 0.29) is 0 Å². The molecule has 0 unspecified atom stereocenters. The van der Waals surface area contributed by atoms with E-state index in [0.29, 0.717) is 6.54 Å². The molecule has 3 heterocycles. The van der Waals surface area contributed by atoms with Gasteiger partial charge in [0.1, 0.15) is 5.58 Å². The van der Waals surface area contributed by atoms with Crippen LogP contribution in [-0.2, 0) is 13.1 Å². The van der Waals surface area contributed by atoms with Gasteiger partial charge in [0.05, 0.1) is 17.6 Å². The topological polar surface area (TPSA) is 55.9 Å². The fraction of sp³-hybridized carbons (Fsp3) is 0.0833. The van der Waals surface area contributed by atoms with Gasteiger partial charge in [-0.05, 0) is 48.0 Å². The highest BCUT2D eigenvalue weighted by Gasteiger charge is 2.12. The minimum Gasteiger partial charge on any atom is -0.464 e. The van der Waals surface area contributed by atoms with E-state index >= 15 is 0 Å². The van der Waals surface area contributed by atoms with E-state index in [1.54, 1.807) is 18.7 Å². The zero-order chi connectivity index (χ0) is 19.5. The number of benzene rings is 2. The molecule has 5 aromatic rings. The van der Waals surface area contributed by atoms with Crippen LogP contribution in [0.25, 0.3) is 27.9 Å². The van der Waals surface area contributed by atoms with Crippen LogP contribution in [0.1, 0.15) is 11.1 Å². The molecule has 0 atom stereocenters. The smallest absolute Gasteiger partial charge is 0.133 e. The van der Waals surface area contributed by atoms with Crippen molar-refractivity contribution in [3.63, 3.8) is 0 Å². The van der Waals surface area contributed by atoms with Crippen LogP contribution in [-0.4, -0.2) is 14.8 Å². The molecule has 0 saturated carbocycles. The predicted octanol–water partition coefficient (Wildman–Crippen LogP) is 4.97. The number of furan rings is 1. The summed E-state index contributed by atoms with van der Waals surface area (Å²) < 4.78 is 7.35. The van der Waals surface area contributed by atoms with E-state index in [9.17, 15) is 0 Å². The van der Waals surface area contributed by atoms with Gasteiger partial charge in [0, 0.05) is 48.2 Å². The molecule has 5 nitrogen and oxygen atoms in total. The first-order valence-electron chi connectivity index (χ1n) is 9.58. The van der Waals surface area contributed by atoms with Gasteiger partial charge in [-0.25, -0.2) is 4.68 Å². The number of nitrogens with one attached hydrogen (secondary N) is 1. The van der Waals surface area contributed by atoms with Crippen molar-refractivity contribution in [2.45, 2.75) is 13.1 Å². The molecule has 1 N–H and O–H groups in total. The summed E-state index contributed by atoms with van der Waals surface area (Å²) in [5, 5.41) is 9.52. The second kappa shape index (κ2) is 7.73. The van der Waals surface area contributed by atoms with Crippen molar-refractivity contribution in [1.82, 2.24) is 20.1 Å². The number of hydrogen-bond acceptors (Lipinski definition) is 4. The van der Waals surface area contributed by atoms with E-state index in [2.05, 4.69) is 40.8 Å². The molecule has 29 heavy (non-hydrogen) atoms. The van der Waals surface area contributed by atoms with E-state index in [4.69, 9.17) is 9.52 Å². The minimum atomic E-state index is 0.716. The average molecular weight is 380 g/mol. The monoisotopic (exact) mass is 380 g/mol. The van der Waals surface area contributed by atoms with Crippen LogP contribution in [0.3, 0.4) is 0 Å². The Bertz CT molecular complexity index is 1230. The van der Waals surface area contributed by atoms with Gasteiger partial charge in [0.25, 0.3) is 0 Å². The van der Waals surface area contributed by atoms with Crippen LogP contribution >= 0.6 is 0 Å². The third-order valence-electron chi connectivity index (χ3n) is 4.93. The Balaban J connectivity index is 1.39. The summed E-state index contributed by atoms with van der Waals surface area (Å²) in [7, 11) is 0. The first-order chi connectivity index (χ1) is 14.4. The van der Waals surface area contributed by atoms with Gasteiger partial charge in [-0.3, -0.25) is 4.98 Å². The Hall–Kier alpha value is -3.70. The summed E-state index contributed by atoms with van der Waals surface area (Å²) in [5.41, 5.74) is 6.35. The van der Waals surface area contributed by atoms with Crippen molar-refractivity contribution in [3.05, 3.63) is 103 Å². The van der Waals surface area contributed by atoms with Gasteiger partial charge >= 0.3 is 0 Å². The molecule has 0 spiro atoms. The van der Waals surface area contributed by atoms with Crippen molar-refractivity contribution < 1.29 is 4.42 Å². The minimum absolute atomic E-state index is 0.716. The van der Waals surface area contributed by atoms with Crippen LogP contribution in [0, 0.1) is 0 Å². The van der Waals surface area contributed by atoms with Gasteiger partial charge < -0.3 is 9.73 Å². The molecule has 5 heteroatoms. The standard InChI is InChI=1S/C24H20N4O/c1-2-4-22(5-3-1)28-17-21(24(27-28)19-8-11-25-12-9-19)16-26-15-18-6-7-23-20(14-18)10-13-29-23/h1-14,17,26H,15-16H2. The first-order valence-corrected chi connectivity index (χ1v) is 9.58. The quantitative estimate of drug-likeness (QED) is 0.452.